The number of oxazole rings is 1. The fourth-order valence-electron chi connectivity index (χ4n) is 3.33. The quantitative estimate of drug-likeness (QED) is 0.635. The lowest BCUT2D eigenvalue weighted by molar-refractivity contribution is -0.129. The van der Waals surface area contributed by atoms with Crippen LogP contribution in [0.3, 0.4) is 0 Å². The topological polar surface area (TPSA) is 85.3 Å². The maximum Gasteiger partial charge on any atom is 0.257 e. The summed E-state index contributed by atoms with van der Waals surface area (Å²) in [7, 11) is 0. The predicted octanol–water partition coefficient (Wildman–Crippen LogP) is 3.54. The number of rotatable bonds is 5. The van der Waals surface area contributed by atoms with Gasteiger partial charge in [-0.05, 0) is 37.8 Å². The molecule has 26 heavy (non-hydrogen) atoms. The molecule has 1 aliphatic carbocycles. The third-order valence-corrected chi connectivity index (χ3v) is 5.66. The summed E-state index contributed by atoms with van der Waals surface area (Å²) in [6.07, 6.45) is 4.08. The summed E-state index contributed by atoms with van der Waals surface area (Å²) >= 11 is 1.32. The van der Waals surface area contributed by atoms with Crippen molar-refractivity contribution in [2.45, 2.75) is 42.9 Å². The molecule has 0 radical (unpaired) electrons. The van der Waals surface area contributed by atoms with Crippen molar-refractivity contribution in [3.05, 3.63) is 36.0 Å². The number of aromatic nitrogens is 3. The van der Waals surface area contributed by atoms with E-state index in [2.05, 4.69) is 15.1 Å². The Morgan fingerprint density at radius 2 is 2.12 bits per heavy atom. The fourth-order valence-corrected chi connectivity index (χ4v) is 4.06. The summed E-state index contributed by atoms with van der Waals surface area (Å²) in [6, 6.07) is 7.49. The highest BCUT2D eigenvalue weighted by Gasteiger charge is 2.36. The van der Waals surface area contributed by atoms with Crippen LogP contribution in [0, 0.1) is 0 Å². The molecule has 1 unspecified atom stereocenters. The van der Waals surface area contributed by atoms with Gasteiger partial charge in [-0.25, -0.2) is 4.98 Å². The van der Waals surface area contributed by atoms with E-state index in [1.165, 1.54) is 11.8 Å². The fraction of sp³-hybridized carbons (Fsp3) is 0.444. The Labute approximate surface area is 154 Å². The van der Waals surface area contributed by atoms with Crippen LogP contribution in [-0.2, 0) is 4.79 Å². The lowest BCUT2D eigenvalue weighted by Gasteiger charge is -2.21. The van der Waals surface area contributed by atoms with Crippen LogP contribution in [0.5, 0.6) is 0 Å². The molecule has 1 aromatic carbocycles. The van der Waals surface area contributed by atoms with Gasteiger partial charge in [0.2, 0.25) is 11.8 Å². The number of carbonyl (C=O) groups is 1. The standard InChI is InChI=1S/C18H18N4O3S/c23-15(10-26-18-19-12-4-1-2-6-14(12)24-18)22-9-3-5-13(22)17-20-16(21-25-17)11-7-8-11/h1-2,4,6,11,13H,3,5,7-10H2. The zero-order valence-electron chi connectivity index (χ0n) is 14.1. The Bertz CT molecular complexity index is 916. The number of fused-ring (bicyclic) bond motifs is 1. The second kappa shape index (κ2) is 6.42. The SMILES string of the molecule is O=C(CSc1nc2ccccc2o1)N1CCCC1c1nc(C2CC2)no1. The molecule has 2 aromatic heterocycles. The third kappa shape index (κ3) is 2.98. The Morgan fingerprint density at radius 3 is 2.96 bits per heavy atom. The van der Waals surface area contributed by atoms with E-state index in [-0.39, 0.29) is 17.7 Å². The summed E-state index contributed by atoms with van der Waals surface area (Å²) in [6.45, 7) is 0.721. The van der Waals surface area contributed by atoms with Gasteiger partial charge in [-0.1, -0.05) is 29.1 Å². The molecule has 0 spiro atoms. The van der Waals surface area contributed by atoms with E-state index in [4.69, 9.17) is 8.94 Å². The molecule has 1 aliphatic heterocycles. The number of para-hydroxylation sites is 2. The highest BCUT2D eigenvalue weighted by Crippen LogP contribution is 2.40. The minimum absolute atomic E-state index is 0.0472. The van der Waals surface area contributed by atoms with Crippen LogP contribution < -0.4 is 0 Å². The minimum atomic E-state index is -0.105. The van der Waals surface area contributed by atoms with Gasteiger partial charge in [-0.15, -0.1) is 0 Å². The molecule has 134 valence electrons. The largest absolute Gasteiger partial charge is 0.431 e. The smallest absolute Gasteiger partial charge is 0.257 e. The maximum atomic E-state index is 12.7. The Kier molecular flexibility index (Phi) is 3.92. The first-order valence-electron chi connectivity index (χ1n) is 8.89. The van der Waals surface area contributed by atoms with Gasteiger partial charge in [0.15, 0.2) is 11.4 Å². The van der Waals surface area contributed by atoms with Gasteiger partial charge in [-0.3, -0.25) is 4.79 Å². The number of amides is 1. The van der Waals surface area contributed by atoms with Crippen molar-refractivity contribution in [1.29, 1.82) is 0 Å². The lowest BCUT2D eigenvalue weighted by atomic mass is 10.2. The van der Waals surface area contributed by atoms with Crippen molar-refractivity contribution in [2.24, 2.45) is 0 Å². The first-order valence-corrected chi connectivity index (χ1v) is 9.88. The highest BCUT2D eigenvalue weighted by atomic mass is 32.2. The van der Waals surface area contributed by atoms with Crippen LogP contribution in [-0.4, -0.2) is 38.2 Å². The Morgan fingerprint density at radius 1 is 1.23 bits per heavy atom. The molecule has 0 N–H and O–H groups in total. The van der Waals surface area contributed by atoms with E-state index in [1.54, 1.807) is 0 Å². The molecule has 2 fully saturated rings. The average Bonchev–Trinajstić information content (AvgIpc) is 3.09. The normalized spacial score (nSPS) is 20.2. The van der Waals surface area contributed by atoms with Crippen LogP contribution in [0.4, 0.5) is 0 Å². The first kappa shape index (κ1) is 15.9. The number of carbonyl (C=O) groups excluding carboxylic acids is 1. The minimum Gasteiger partial charge on any atom is -0.431 e. The highest BCUT2D eigenvalue weighted by molar-refractivity contribution is 7.99. The molecule has 1 saturated heterocycles. The molecule has 0 bridgehead atoms. The van der Waals surface area contributed by atoms with Crippen molar-refractivity contribution < 1.29 is 13.7 Å². The van der Waals surface area contributed by atoms with Gasteiger partial charge in [0.05, 0.1) is 5.75 Å². The predicted molar refractivity (Wildman–Crippen MR) is 94.7 cm³/mol. The first-order chi connectivity index (χ1) is 12.8. The van der Waals surface area contributed by atoms with E-state index in [9.17, 15) is 4.79 Å². The zero-order valence-corrected chi connectivity index (χ0v) is 14.9. The van der Waals surface area contributed by atoms with E-state index in [1.807, 2.05) is 29.2 Å². The molecule has 1 saturated carbocycles. The van der Waals surface area contributed by atoms with Crippen LogP contribution in [0.15, 0.2) is 38.4 Å². The zero-order chi connectivity index (χ0) is 17.5. The molecule has 8 heteroatoms. The van der Waals surface area contributed by atoms with Crippen molar-refractivity contribution >= 4 is 28.8 Å². The number of nitrogens with zero attached hydrogens (tertiary/aromatic N) is 4. The van der Waals surface area contributed by atoms with Crippen molar-refractivity contribution in [2.75, 3.05) is 12.3 Å². The molecule has 7 nitrogen and oxygen atoms in total. The van der Waals surface area contributed by atoms with Gasteiger partial charge in [-0.2, -0.15) is 4.98 Å². The van der Waals surface area contributed by atoms with E-state index < -0.39 is 0 Å². The third-order valence-electron chi connectivity index (χ3n) is 4.85. The number of hydrogen-bond donors (Lipinski definition) is 0. The van der Waals surface area contributed by atoms with Crippen LogP contribution in [0.2, 0.25) is 0 Å². The van der Waals surface area contributed by atoms with E-state index in [0.29, 0.717) is 17.0 Å². The Balaban J connectivity index is 1.26. The lowest BCUT2D eigenvalue weighted by Crippen LogP contribution is -2.32. The number of likely N-dealkylation sites (tertiary alicyclic amines) is 1. The van der Waals surface area contributed by atoms with E-state index >= 15 is 0 Å². The molecule has 1 amide bonds. The summed E-state index contributed by atoms with van der Waals surface area (Å²) in [4.78, 5) is 23.5. The van der Waals surface area contributed by atoms with Crippen molar-refractivity contribution in [3.63, 3.8) is 0 Å². The summed E-state index contributed by atoms with van der Waals surface area (Å²) in [5, 5.41) is 4.60. The molecule has 3 aromatic rings. The van der Waals surface area contributed by atoms with Crippen LogP contribution >= 0.6 is 11.8 Å². The average molecular weight is 370 g/mol. The van der Waals surface area contributed by atoms with Crippen molar-refractivity contribution in [1.82, 2.24) is 20.0 Å². The summed E-state index contributed by atoms with van der Waals surface area (Å²) in [5.74, 6) is 2.15. The van der Waals surface area contributed by atoms with Gasteiger partial charge in [0, 0.05) is 12.5 Å². The van der Waals surface area contributed by atoms with Crippen LogP contribution in [0.25, 0.3) is 11.1 Å². The second-order valence-corrected chi connectivity index (χ2v) is 7.67. The molecular formula is C18H18N4O3S. The molecule has 5 rings (SSSR count). The maximum absolute atomic E-state index is 12.7. The summed E-state index contributed by atoms with van der Waals surface area (Å²) in [5.41, 5.74) is 1.54. The molecule has 3 heterocycles. The molecular weight excluding hydrogens is 352 g/mol. The number of thioether (sulfide) groups is 1. The van der Waals surface area contributed by atoms with Gasteiger partial charge < -0.3 is 13.8 Å². The van der Waals surface area contributed by atoms with Gasteiger partial charge in [0.25, 0.3) is 5.22 Å². The van der Waals surface area contributed by atoms with Gasteiger partial charge >= 0.3 is 0 Å². The molecule has 2 aliphatic rings. The number of hydrogen-bond acceptors (Lipinski definition) is 7. The monoisotopic (exact) mass is 370 g/mol. The molecule has 1 atom stereocenters. The van der Waals surface area contributed by atoms with Crippen LogP contribution in [0.1, 0.15) is 49.4 Å². The van der Waals surface area contributed by atoms with Crippen molar-refractivity contribution in [3.8, 4) is 0 Å². The van der Waals surface area contributed by atoms with E-state index in [0.717, 1.165) is 49.2 Å². The summed E-state index contributed by atoms with van der Waals surface area (Å²) < 4.78 is 11.1. The number of benzene rings is 1. The van der Waals surface area contributed by atoms with Gasteiger partial charge in [0.1, 0.15) is 11.6 Å². The Hall–Kier alpha value is -2.35. The second-order valence-electron chi connectivity index (χ2n) is 6.75.